The van der Waals surface area contributed by atoms with Crippen LogP contribution in [0.15, 0.2) is 60.7 Å². The second-order valence-corrected chi connectivity index (χ2v) is 7.45. The lowest BCUT2D eigenvalue weighted by atomic mass is 10.0. The summed E-state index contributed by atoms with van der Waals surface area (Å²) in [5, 5.41) is 1.68. The molecule has 0 aliphatic carbocycles. The number of aryl methyl sites for hydroxylation is 1. The van der Waals surface area contributed by atoms with Crippen molar-refractivity contribution in [3.8, 4) is 0 Å². The molecule has 1 heterocycles. The summed E-state index contributed by atoms with van der Waals surface area (Å²) in [5.41, 5.74) is 9.05. The smallest absolute Gasteiger partial charge is 0.366 e. The zero-order valence-corrected chi connectivity index (χ0v) is 16.5. The highest BCUT2D eigenvalue weighted by Crippen LogP contribution is 2.34. The highest BCUT2D eigenvalue weighted by molar-refractivity contribution is 6.17. The number of carbonyl (C=O) groups is 1. The summed E-state index contributed by atoms with van der Waals surface area (Å²) in [4.78, 5) is 12.0. The van der Waals surface area contributed by atoms with Crippen LogP contribution in [0.2, 0.25) is 0 Å². The Kier molecular flexibility index (Phi) is 5.02. The molecule has 30 heavy (non-hydrogen) atoms. The van der Waals surface area contributed by atoms with Gasteiger partial charge in [0.1, 0.15) is 0 Å². The molecule has 6 heteroatoms. The summed E-state index contributed by atoms with van der Waals surface area (Å²) in [7, 11) is 0. The van der Waals surface area contributed by atoms with E-state index in [0.29, 0.717) is 12.1 Å². The van der Waals surface area contributed by atoms with Crippen LogP contribution in [0, 0.1) is 0 Å². The molecule has 154 valence electrons. The van der Waals surface area contributed by atoms with Crippen molar-refractivity contribution in [2.75, 3.05) is 0 Å². The van der Waals surface area contributed by atoms with Gasteiger partial charge >= 0.3 is 6.18 Å². The molecule has 0 atom stereocenters. The van der Waals surface area contributed by atoms with Crippen LogP contribution in [0.3, 0.4) is 0 Å². The molecule has 3 nitrogen and oxygen atoms in total. The number of aromatic nitrogens is 1. The quantitative estimate of drug-likeness (QED) is 0.437. The molecule has 0 aliphatic heterocycles. The highest BCUT2D eigenvalue weighted by atomic mass is 19.4. The van der Waals surface area contributed by atoms with Gasteiger partial charge in [0, 0.05) is 28.4 Å². The fourth-order valence-corrected chi connectivity index (χ4v) is 3.99. The number of carbonyl (C=O) groups excluding carboxylic acids is 1. The lowest BCUT2D eigenvalue weighted by Gasteiger charge is -2.11. The van der Waals surface area contributed by atoms with Crippen LogP contribution in [0.5, 0.6) is 0 Å². The normalized spacial score (nSPS) is 12.0. The zero-order valence-electron chi connectivity index (χ0n) is 16.5. The van der Waals surface area contributed by atoms with Crippen molar-refractivity contribution in [1.29, 1.82) is 0 Å². The highest BCUT2D eigenvalue weighted by Gasteiger charge is 2.30. The van der Waals surface area contributed by atoms with Crippen LogP contribution >= 0.6 is 0 Å². The molecule has 0 saturated carbocycles. The third-order valence-corrected chi connectivity index (χ3v) is 5.38. The van der Waals surface area contributed by atoms with Crippen molar-refractivity contribution < 1.29 is 18.0 Å². The Morgan fingerprint density at radius 3 is 2.30 bits per heavy atom. The summed E-state index contributed by atoms with van der Waals surface area (Å²) in [6, 6.07) is 16.7. The van der Waals surface area contributed by atoms with Gasteiger partial charge in [0.25, 0.3) is 0 Å². The lowest BCUT2D eigenvalue weighted by molar-refractivity contribution is -0.137. The third kappa shape index (κ3) is 3.54. The number of rotatable bonds is 5. The molecule has 2 N–H and O–H groups in total. The average Bonchev–Trinajstić information content (AvgIpc) is 3.01. The van der Waals surface area contributed by atoms with Gasteiger partial charge in [-0.3, -0.25) is 4.79 Å². The Balaban J connectivity index is 1.91. The number of benzene rings is 3. The van der Waals surface area contributed by atoms with E-state index in [-0.39, 0.29) is 0 Å². The van der Waals surface area contributed by atoms with Gasteiger partial charge in [0.2, 0.25) is 5.91 Å². The summed E-state index contributed by atoms with van der Waals surface area (Å²) in [5.74, 6) is -0.508. The first-order valence-corrected chi connectivity index (χ1v) is 9.79. The predicted molar refractivity (Wildman–Crippen MR) is 113 cm³/mol. The van der Waals surface area contributed by atoms with Gasteiger partial charge in [-0.05, 0) is 47.9 Å². The number of hydrogen-bond donors (Lipinski definition) is 1. The van der Waals surface area contributed by atoms with E-state index in [2.05, 4.69) is 13.0 Å². The monoisotopic (exact) mass is 410 g/mol. The number of alkyl halides is 3. The van der Waals surface area contributed by atoms with Crippen LogP contribution in [0.1, 0.15) is 40.4 Å². The van der Waals surface area contributed by atoms with E-state index in [4.69, 9.17) is 5.73 Å². The van der Waals surface area contributed by atoms with Crippen molar-refractivity contribution in [1.82, 2.24) is 4.57 Å². The Labute approximate surface area is 171 Å². The second-order valence-electron chi connectivity index (χ2n) is 7.45. The van der Waals surface area contributed by atoms with E-state index in [1.165, 1.54) is 17.7 Å². The van der Waals surface area contributed by atoms with Gasteiger partial charge in [-0.2, -0.15) is 13.2 Å². The number of halogens is 3. The maximum Gasteiger partial charge on any atom is 0.416 e. The maximum absolute atomic E-state index is 12.9. The summed E-state index contributed by atoms with van der Waals surface area (Å²) < 4.78 is 40.7. The van der Waals surface area contributed by atoms with Crippen molar-refractivity contribution in [2.45, 2.75) is 32.5 Å². The van der Waals surface area contributed by atoms with E-state index >= 15 is 0 Å². The number of hydrogen-bond acceptors (Lipinski definition) is 1. The minimum atomic E-state index is -4.36. The second kappa shape index (κ2) is 7.52. The van der Waals surface area contributed by atoms with Crippen LogP contribution in [-0.2, 0) is 19.1 Å². The van der Waals surface area contributed by atoms with Crippen LogP contribution in [-0.4, -0.2) is 10.5 Å². The Bertz CT molecular complexity index is 1240. The van der Waals surface area contributed by atoms with E-state index in [1.54, 1.807) is 12.1 Å². The van der Waals surface area contributed by atoms with Crippen molar-refractivity contribution in [2.24, 2.45) is 5.73 Å². The molecule has 0 bridgehead atoms. The summed E-state index contributed by atoms with van der Waals surface area (Å²) in [6.07, 6.45) is -2.45. The van der Waals surface area contributed by atoms with E-state index in [0.717, 1.165) is 52.3 Å². The largest absolute Gasteiger partial charge is 0.416 e. The zero-order chi connectivity index (χ0) is 21.5. The number of nitrogens with zero attached hydrogens (tertiary/aromatic N) is 1. The molecule has 0 radical (unpaired) electrons. The van der Waals surface area contributed by atoms with Crippen LogP contribution in [0.4, 0.5) is 13.2 Å². The number of primary amides is 1. The average molecular weight is 410 g/mol. The molecule has 1 aromatic heterocycles. The molecule has 3 aromatic carbocycles. The number of nitrogens with two attached hydrogens (primary N) is 1. The molecule has 0 aliphatic rings. The lowest BCUT2D eigenvalue weighted by Crippen LogP contribution is -2.11. The minimum absolute atomic E-state index is 0.385. The van der Waals surface area contributed by atoms with E-state index < -0.39 is 17.6 Å². The first kappa shape index (κ1) is 20.0. The van der Waals surface area contributed by atoms with Gasteiger partial charge < -0.3 is 10.3 Å². The topological polar surface area (TPSA) is 48.0 Å². The van der Waals surface area contributed by atoms with Crippen LogP contribution in [0.25, 0.3) is 21.8 Å². The minimum Gasteiger partial charge on any atom is -0.366 e. The Hall–Kier alpha value is -3.28. The molecule has 4 aromatic rings. The molecule has 0 unspecified atom stereocenters. The standard InChI is InChI=1S/C24H21F3N2O/c1-2-4-15-9-12-18-21(13-15)29(20-6-3-5-19(22(18)20)23(28)30)14-16-7-10-17(11-8-16)24(25,26)27/h3,5-13H,2,4,14H2,1H3,(H2,28,30). The first-order valence-electron chi connectivity index (χ1n) is 9.79. The summed E-state index contributed by atoms with van der Waals surface area (Å²) in [6.45, 7) is 2.49. The Morgan fingerprint density at radius 1 is 0.967 bits per heavy atom. The van der Waals surface area contributed by atoms with E-state index in [9.17, 15) is 18.0 Å². The van der Waals surface area contributed by atoms with Crippen molar-refractivity contribution in [3.05, 3.63) is 82.9 Å². The van der Waals surface area contributed by atoms with Crippen molar-refractivity contribution >= 4 is 27.7 Å². The number of fused-ring (bicyclic) bond motifs is 3. The summed E-state index contributed by atoms with van der Waals surface area (Å²) >= 11 is 0. The van der Waals surface area contributed by atoms with Gasteiger partial charge in [0.05, 0.1) is 11.1 Å². The predicted octanol–water partition coefficient (Wildman–Crippen LogP) is 5.91. The molecule has 0 saturated heterocycles. The SMILES string of the molecule is CCCc1ccc2c3c(C(N)=O)cccc3n(Cc3ccc(C(F)(F)F)cc3)c2c1. The van der Waals surface area contributed by atoms with Crippen molar-refractivity contribution in [3.63, 3.8) is 0 Å². The van der Waals surface area contributed by atoms with Gasteiger partial charge in [-0.25, -0.2) is 0 Å². The van der Waals surface area contributed by atoms with Gasteiger partial charge in [-0.1, -0.05) is 43.7 Å². The molecule has 0 fully saturated rings. The third-order valence-electron chi connectivity index (χ3n) is 5.38. The number of amides is 1. The molecule has 4 rings (SSSR count). The maximum atomic E-state index is 12.9. The molecular weight excluding hydrogens is 389 g/mol. The molecule has 1 amide bonds. The van der Waals surface area contributed by atoms with Crippen LogP contribution < -0.4 is 5.73 Å². The van der Waals surface area contributed by atoms with Gasteiger partial charge in [0.15, 0.2) is 0 Å². The van der Waals surface area contributed by atoms with Gasteiger partial charge in [-0.15, -0.1) is 0 Å². The fourth-order valence-electron chi connectivity index (χ4n) is 3.99. The fraction of sp³-hybridized carbons (Fsp3) is 0.208. The molecular formula is C24H21F3N2O. The van der Waals surface area contributed by atoms with E-state index in [1.807, 2.05) is 22.8 Å². The Morgan fingerprint density at radius 2 is 1.67 bits per heavy atom. The first-order chi connectivity index (χ1) is 14.3. The molecule has 0 spiro atoms.